The van der Waals surface area contributed by atoms with Crippen molar-refractivity contribution in [1.29, 1.82) is 0 Å². The van der Waals surface area contributed by atoms with Crippen molar-refractivity contribution in [3.8, 4) is 5.75 Å². The van der Waals surface area contributed by atoms with E-state index in [0.29, 0.717) is 37.0 Å². The van der Waals surface area contributed by atoms with Crippen molar-refractivity contribution in [2.75, 3.05) is 33.8 Å². The van der Waals surface area contributed by atoms with Gasteiger partial charge in [-0.15, -0.1) is 0 Å². The first-order valence-electron chi connectivity index (χ1n) is 9.64. The Morgan fingerprint density at radius 3 is 2.44 bits per heavy atom. The quantitative estimate of drug-likeness (QED) is 0.710. The molecule has 1 saturated heterocycles. The van der Waals surface area contributed by atoms with Crippen LogP contribution in [0.25, 0.3) is 0 Å². The van der Waals surface area contributed by atoms with Crippen LogP contribution in [0.5, 0.6) is 5.75 Å². The van der Waals surface area contributed by atoms with Gasteiger partial charge in [-0.05, 0) is 42.9 Å². The molecule has 0 aliphatic carbocycles. The number of benzene rings is 1. The monoisotopic (exact) mass is 396 g/mol. The lowest BCUT2D eigenvalue weighted by atomic mass is 9.94. The summed E-state index contributed by atoms with van der Waals surface area (Å²) in [7, 11) is -0.542. The number of amides is 1. The second-order valence-corrected chi connectivity index (χ2v) is 9.62. The topological polar surface area (TPSA) is 66.9 Å². The molecule has 1 aliphatic rings. The van der Waals surface area contributed by atoms with Crippen LogP contribution in [0.4, 0.5) is 0 Å². The van der Waals surface area contributed by atoms with Crippen molar-refractivity contribution in [3.05, 3.63) is 23.8 Å². The maximum absolute atomic E-state index is 13.3. The van der Waals surface area contributed by atoms with E-state index < -0.39 is 10.0 Å². The maximum Gasteiger partial charge on any atom is 0.253 e. The molecule has 1 heterocycles. The highest BCUT2D eigenvalue weighted by molar-refractivity contribution is 7.89. The Morgan fingerprint density at radius 2 is 1.89 bits per heavy atom. The van der Waals surface area contributed by atoms with Crippen LogP contribution in [0.3, 0.4) is 0 Å². The van der Waals surface area contributed by atoms with Gasteiger partial charge in [-0.1, -0.05) is 27.2 Å². The number of hydrogen-bond acceptors (Lipinski definition) is 4. The molecule has 7 heteroatoms. The van der Waals surface area contributed by atoms with Gasteiger partial charge in [-0.2, -0.15) is 4.31 Å². The molecule has 0 saturated carbocycles. The summed E-state index contributed by atoms with van der Waals surface area (Å²) in [5.74, 6) is 0.704. The Hall–Kier alpha value is -1.60. The number of hydrogen-bond donors (Lipinski definition) is 0. The maximum atomic E-state index is 13.3. The molecule has 1 aromatic carbocycles. The molecule has 0 bridgehead atoms. The van der Waals surface area contributed by atoms with Crippen LogP contribution in [-0.4, -0.2) is 57.3 Å². The fourth-order valence-electron chi connectivity index (χ4n) is 3.67. The van der Waals surface area contributed by atoms with Crippen LogP contribution < -0.4 is 4.74 Å². The molecule has 1 fully saturated rings. The van der Waals surface area contributed by atoms with Crippen LogP contribution in [-0.2, 0) is 10.0 Å². The fourth-order valence-corrected chi connectivity index (χ4v) is 5.53. The van der Waals surface area contributed by atoms with Crippen LogP contribution in [0.15, 0.2) is 23.1 Å². The molecule has 1 aromatic rings. The molecule has 0 radical (unpaired) electrons. The second-order valence-electron chi connectivity index (χ2n) is 7.71. The minimum absolute atomic E-state index is 0.0704. The summed E-state index contributed by atoms with van der Waals surface area (Å²) in [4.78, 5) is 14.4. The van der Waals surface area contributed by atoms with Gasteiger partial charge in [0.2, 0.25) is 10.0 Å². The summed E-state index contributed by atoms with van der Waals surface area (Å²) >= 11 is 0. The number of unbranched alkanes of at least 4 members (excludes halogenated alkanes) is 1. The molecule has 0 spiro atoms. The Bertz CT molecular complexity index is 753. The summed E-state index contributed by atoms with van der Waals surface area (Å²) in [5.41, 5.74) is 0.367. The van der Waals surface area contributed by atoms with Gasteiger partial charge < -0.3 is 9.64 Å². The first-order chi connectivity index (χ1) is 12.7. The number of sulfonamides is 1. The Balaban J connectivity index is 2.38. The van der Waals surface area contributed by atoms with E-state index in [-0.39, 0.29) is 16.6 Å². The molecule has 2 unspecified atom stereocenters. The Morgan fingerprint density at radius 1 is 1.26 bits per heavy atom. The number of carbonyl (C=O) groups excluding carboxylic acids is 1. The van der Waals surface area contributed by atoms with E-state index in [0.717, 1.165) is 19.3 Å². The molecule has 2 rings (SSSR count). The van der Waals surface area contributed by atoms with E-state index in [1.54, 1.807) is 24.1 Å². The molecular weight excluding hydrogens is 364 g/mol. The third-order valence-corrected chi connectivity index (χ3v) is 6.91. The lowest BCUT2D eigenvalue weighted by Gasteiger charge is -2.34. The number of ether oxygens (including phenoxy) is 1. The summed E-state index contributed by atoms with van der Waals surface area (Å²) in [6.45, 7) is 7.83. The predicted octanol–water partition coefficient (Wildman–Crippen LogP) is 3.23. The average Bonchev–Trinajstić information content (AvgIpc) is 2.64. The lowest BCUT2D eigenvalue weighted by Crippen LogP contribution is -2.42. The highest BCUT2D eigenvalue weighted by Gasteiger charge is 2.34. The van der Waals surface area contributed by atoms with Crippen LogP contribution in [0, 0.1) is 11.8 Å². The minimum atomic E-state index is -3.73. The average molecular weight is 397 g/mol. The normalized spacial score (nSPS) is 21.1. The van der Waals surface area contributed by atoms with Gasteiger partial charge in [0.05, 0.1) is 7.11 Å². The molecule has 1 aliphatic heterocycles. The molecule has 152 valence electrons. The molecule has 6 nitrogen and oxygen atoms in total. The van der Waals surface area contributed by atoms with Crippen LogP contribution >= 0.6 is 0 Å². The third-order valence-electron chi connectivity index (χ3n) is 5.06. The highest BCUT2D eigenvalue weighted by atomic mass is 32.2. The van der Waals surface area contributed by atoms with Gasteiger partial charge >= 0.3 is 0 Å². The lowest BCUT2D eigenvalue weighted by molar-refractivity contribution is 0.0793. The number of methoxy groups -OCH3 is 1. The van der Waals surface area contributed by atoms with Crippen molar-refractivity contribution in [2.45, 2.75) is 44.9 Å². The van der Waals surface area contributed by atoms with Gasteiger partial charge in [0.15, 0.2) is 0 Å². The van der Waals surface area contributed by atoms with Crippen LogP contribution in [0.2, 0.25) is 0 Å². The zero-order valence-electron chi connectivity index (χ0n) is 17.1. The van der Waals surface area contributed by atoms with Gasteiger partial charge in [-0.3, -0.25) is 4.79 Å². The number of carbonyl (C=O) groups is 1. The zero-order chi connectivity index (χ0) is 20.2. The third kappa shape index (κ3) is 5.02. The van der Waals surface area contributed by atoms with E-state index in [2.05, 4.69) is 20.8 Å². The Kier molecular flexibility index (Phi) is 7.28. The number of piperidine rings is 1. The fraction of sp³-hybridized carbons (Fsp3) is 0.650. The van der Waals surface area contributed by atoms with E-state index in [1.165, 1.54) is 17.5 Å². The summed E-state index contributed by atoms with van der Waals surface area (Å²) in [6, 6.07) is 4.66. The van der Waals surface area contributed by atoms with Crippen molar-refractivity contribution in [1.82, 2.24) is 9.21 Å². The van der Waals surface area contributed by atoms with Gasteiger partial charge in [0.1, 0.15) is 10.6 Å². The predicted molar refractivity (Wildman–Crippen MR) is 107 cm³/mol. The highest BCUT2D eigenvalue weighted by Crippen LogP contribution is 2.32. The van der Waals surface area contributed by atoms with E-state index in [9.17, 15) is 13.2 Å². The molecule has 0 N–H and O–H groups in total. The minimum Gasteiger partial charge on any atom is -0.495 e. The van der Waals surface area contributed by atoms with Gasteiger partial charge in [-0.25, -0.2) is 8.42 Å². The van der Waals surface area contributed by atoms with Crippen molar-refractivity contribution < 1.29 is 17.9 Å². The smallest absolute Gasteiger partial charge is 0.253 e. The van der Waals surface area contributed by atoms with E-state index in [1.807, 2.05) is 0 Å². The summed E-state index contributed by atoms with van der Waals surface area (Å²) in [6.07, 6.45) is 2.92. The summed E-state index contributed by atoms with van der Waals surface area (Å²) < 4.78 is 33.4. The molecule has 2 atom stereocenters. The van der Waals surface area contributed by atoms with E-state index in [4.69, 9.17) is 4.74 Å². The molecule has 0 aromatic heterocycles. The molecule has 27 heavy (non-hydrogen) atoms. The molecular formula is C20H32N2O4S. The zero-order valence-corrected chi connectivity index (χ0v) is 17.9. The first-order valence-corrected chi connectivity index (χ1v) is 11.1. The largest absolute Gasteiger partial charge is 0.495 e. The SMILES string of the molecule is CCCCN(C)C(=O)c1ccc(OC)c(S(=O)(=O)N2CC(C)CC(C)C2)c1. The number of rotatable bonds is 7. The molecule has 1 amide bonds. The standard InChI is InChI=1S/C20H32N2O4S/c1-6-7-10-21(4)20(23)17-8-9-18(26-5)19(12-17)27(24,25)22-13-15(2)11-16(3)14-22/h8-9,12,15-16H,6-7,10-11,13-14H2,1-5H3. The van der Waals surface area contributed by atoms with Crippen molar-refractivity contribution in [2.24, 2.45) is 11.8 Å². The first kappa shape index (κ1) is 21.7. The van der Waals surface area contributed by atoms with Gasteiger partial charge in [0, 0.05) is 32.2 Å². The van der Waals surface area contributed by atoms with Crippen molar-refractivity contribution in [3.63, 3.8) is 0 Å². The van der Waals surface area contributed by atoms with Gasteiger partial charge in [0.25, 0.3) is 5.91 Å². The van der Waals surface area contributed by atoms with Crippen molar-refractivity contribution >= 4 is 15.9 Å². The second kappa shape index (κ2) is 9.06. The summed E-state index contributed by atoms with van der Waals surface area (Å²) in [5, 5.41) is 0. The van der Waals surface area contributed by atoms with Crippen LogP contribution in [0.1, 0.15) is 50.4 Å². The van der Waals surface area contributed by atoms with E-state index >= 15 is 0 Å². The Labute approximate surface area is 163 Å². The number of nitrogens with zero attached hydrogens (tertiary/aromatic N) is 2.